The Kier molecular flexibility index (Phi) is 4.81. The topological polar surface area (TPSA) is 71.8 Å². The third-order valence-electron chi connectivity index (χ3n) is 3.34. The number of nitrogens with zero attached hydrogens (tertiary/aromatic N) is 3. The Balaban J connectivity index is 1.92. The molecule has 0 radical (unpaired) electrons. The molecule has 1 atom stereocenters. The average Bonchev–Trinajstić information content (AvgIpc) is 2.87. The van der Waals surface area contributed by atoms with E-state index in [-0.39, 0.29) is 11.7 Å². The van der Waals surface area contributed by atoms with Crippen LogP contribution in [0.15, 0.2) is 6.20 Å². The third-order valence-corrected chi connectivity index (χ3v) is 3.34. The second-order valence-corrected chi connectivity index (χ2v) is 5.26. The molecule has 0 aliphatic carbocycles. The van der Waals surface area contributed by atoms with Crippen LogP contribution in [0.2, 0.25) is 0 Å². The van der Waals surface area contributed by atoms with Crippen molar-refractivity contribution >= 4 is 5.91 Å². The molecule has 0 bridgehead atoms. The first-order valence-corrected chi connectivity index (χ1v) is 6.85. The molecule has 1 unspecified atom stereocenters. The van der Waals surface area contributed by atoms with Gasteiger partial charge in [-0.2, -0.15) is 13.2 Å². The van der Waals surface area contributed by atoms with Gasteiger partial charge in [-0.05, 0) is 32.9 Å². The van der Waals surface area contributed by atoms with Gasteiger partial charge in [-0.3, -0.25) is 4.79 Å². The fourth-order valence-electron chi connectivity index (χ4n) is 2.33. The number of hydrogen-bond donors (Lipinski definition) is 2. The van der Waals surface area contributed by atoms with Crippen LogP contribution in [0.4, 0.5) is 13.2 Å². The van der Waals surface area contributed by atoms with Gasteiger partial charge in [0.25, 0.3) is 5.91 Å². The van der Waals surface area contributed by atoms with Gasteiger partial charge in [0.15, 0.2) is 5.69 Å². The Morgan fingerprint density at radius 1 is 1.52 bits per heavy atom. The quantitative estimate of drug-likeness (QED) is 0.879. The van der Waals surface area contributed by atoms with Crippen LogP contribution in [-0.2, 0) is 0 Å². The second-order valence-electron chi connectivity index (χ2n) is 5.26. The van der Waals surface area contributed by atoms with E-state index in [1.807, 2.05) is 0 Å². The number of rotatable bonds is 4. The minimum atomic E-state index is -4.31. The van der Waals surface area contributed by atoms with Crippen molar-refractivity contribution in [1.29, 1.82) is 0 Å². The van der Waals surface area contributed by atoms with Gasteiger partial charge in [0.05, 0.1) is 18.7 Å². The smallest absolute Gasteiger partial charge is 0.348 e. The molecule has 0 saturated carbocycles. The van der Waals surface area contributed by atoms with Crippen molar-refractivity contribution in [2.75, 3.05) is 13.1 Å². The summed E-state index contributed by atoms with van der Waals surface area (Å²) in [6.07, 6.45) is -2.12. The predicted molar refractivity (Wildman–Crippen MR) is 68.8 cm³/mol. The van der Waals surface area contributed by atoms with Crippen molar-refractivity contribution in [3.63, 3.8) is 0 Å². The molecule has 21 heavy (non-hydrogen) atoms. The number of carbonyl (C=O) groups excluding carboxylic acids is 1. The first-order valence-electron chi connectivity index (χ1n) is 6.85. The molecule has 1 amide bonds. The van der Waals surface area contributed by atoms with Crippen LogP contribution in [0.3, 0.4) is 0 Å². The Hall–Kier alpha value is -1.64. The molecule has 0 aromatic carbocycles. The lowest BCUT2D eigenvalue weighted by Gasteiger charge is -2.22. The standard InChI is InChI=1S/C12H18F3N5O/c1-8(6-12(13,14)15)17-11(21)10-7-20(19-18-10)9-2-4-16-5-3-9/h7-9,16H,2-6H2,1H3,(H,17,21). The number of amides is 1. The summed E-state index contributed by atoms with van der Waals surface area (Å²) in [6.45, 7) is 3.05. The van der Waals surface area contributed by atoms with Crippen LogP contribution < -0.4 is 10.6 Å². The van der Waals surface area contributed by atoms with Gasteiger partial charge in [-0.1, -0.05) is 5.21 Å². The van der Waals surface area contributed by atoms with E-state index in [1.165, 1.54) is 13.1 Å². The van der Waals surface area contributed by atoms with Gasteiger partial charge in [-0.15, -0.1) is 5.10 Å². The number of nitrogens with one attached hydrogen (secondary N) is 2. The molecule has 1 aliphatic heterocycles. The van der Waals surface area contributed by atoms with Gasteiger partial charge >= 0.3 is 6.18 Å². The van der Waals surface area contributed by atoms with E-state index < -0.39 is 24.5 Å². The van der Waals surface area contributed by atoms with Crippen LogP contribution >= 0.6 is 0 Å². The SMILES string of the molecule is CC(CC(F)(F)F)NC(=O)c1cn(C2CCNCC2)nn1. The molecule has 1 aliphatic rings. The van der Waals surface area contributed by atoms with Gasteiger partial charge in [0.1, 0.15) is 0 Å². The van der Waals surface area contributed by atoms with Crippen molar-refractivity contribution in [2.45, 2.75) is 44.4 Å². The van der Waals surface area contributed by atoms with Crippen molar-refractivity contribution in [1.82, 2.24) is 25.6 Å². The van der Waals surface area contributed by atoms with Gasteiger partial charge in [-0.25, -0.2) is 4.68 Å². The Bertz CT molecular complexity index is 481. The molecule has 1 aromatic heterocycles. The third kappa shape index (κ3) is 4.69. The normalized spacial score (nSPS) is 18.5. The van der Waals surface area contributed by atoms with E-state index in [0.29, 0.717) is 0 Å². The molecule has 1 fully saturated rings. The van der Waals surface area contributed by atoms with Crippen LogP contribution in [0.25, 0.3) is 0 Å². The van der Waals surface area contributed by atoms with E-state index in [0.717, 1.165) is 25.9 Å². The maximum atomic E-state index is 12.2. The highest BCUT2D eigenvalue weighted by molar-refractivity contribution is 5.92. The fraction of sp³-hybridized carbons (Fsp3) is 0.750. The number of piperidine rings is 1. The Labute approximate surface area is 120 Å². The Morgan fingerprint density at radius 3 is 2.81 bits per heavy atom. The Morgan fingerprint density at radius 2 is 2.19 bits per heavy atom. The summed E-state index contributed by atoms with van der Waals surface area (Å²) in [5.74, 6) is -0.632. The van der Waals surface area contributed by atoms with Crippen LogP contribution in [0.5, 0.6) is 0 Å². The molecule has 9 heteroatoms. The van der Waals surface area contributed by atoms with E-state index in [2.05, 4.69) is 20.9 Å². The highest BCUT2D eigenvalue weighted by Gasteiger charge is 2.31. The lowest BCUT2D eigenvalue weighted by atomic mass is 10.1. The van der Waals surface area contributed by atoms with Crippen LogP contribution in [-0.4, -0.2) is 46.2 Å². The molecule has 2 N–H and O–H groups in total. The van der Waals surface area contributed by atoms with Crippen LogP contribution in [0.1, 0.15) is 42.7 Å². The molecular weight excluding hydrogens is 287 g/mol. The maximum absolute atomic E-state index is 12.2. The van der Waals surface area contributed by atoms with E-state index in [9.17, 15) is 18.0 Å². The molecule has 118 valence electrons. The summed E-state index contributed by atoms with van der Waals surface area (Å²) in [6, 6.07) is -0.825. The van der Waals surface area contributed by atoms with Crippen molar-refractivity contribution in [3.05, 3.63) is 11.9 Å². The van der Waals surface area contributed by atoms with Gasteiger partial charge in [0, 0.05) is 6.04 Å². The first-order chi connectivity index (χ1) is 9.85. The fourth-order valence-corrected chi connectivity index (χ4v) is 2.33. The monoisotopic (exact) mass is 305 g/mol. The summed E-state index contributed by atoms with van der Waals surface area (Å²) in [5, 5.41) is 13.1. The first kappa shape index (κ1) is 15.7. The van der Waals surface area contributed by atoms with Crippen molar-refractivity contribution in [3.8, 4) is 0 Å². The largest absolute Gasteiger partial charge is 0.391 e. The number of halogens is 3. The summed E-state index contributed by atoms with van der Waals surface area (Å²) in [5.41, 5.74) is 0.0440. The van der Waals surface area contributed by atoms with Crippen LogP contribution in [0, 0.1) is 0 Å². The minimum absolute atomic E-state index is 0.0440. The van der Waals surface area contributed by atoms with E-state index in [4.69, 9.17) is 0 Å². The predicted octanol–water partition coefficient (Wildman–Crippen LogP) is 1.27. The van der Waals surface area contributed by atoms with E-state index in [1.54, 1.807) is 4.68 Å². The highest BCUT2D eigenvalue weighted by atomic mass is 19.4. The maximum Gasteiger partial charge on any atom is 0.391 e. The van der Waals surface area contributed by atoms with Gasteiger partial charge in [0.2, 0.25) is 0 Å². The number of hydrogen-bond acceptors (Lipinski definition) is 4. The highest BCUT2D eigenvalue weighted by Crippen LogP contribution is 2.21. The summed E-state index contributed by atoms with van der Waals surface area (Å²) >= 11 is 0. The molecule has 2 rings (SSSR count). The average molecular weight is 305 g/mol. The molecule has 1 saturated heterocycles. The number of alkyl halides is 3. The summed E-state index contributed by atoms with van der Waals surface area (Å²) in [7, 11) is 0. The van der Waals surface area contributed by atoms with Crippen molar-refractivity contribution < 1.29 is 18.0 Å². The summed E-state index contributed by atoms with van der Waals surface area (Å²) < 4.78 is 38.3. The summed E-state index contributed by atoms with van der Waals surface area (Å²) in [4.78, 5) is 11.8. The zero-order valence-corrected chi connectivity index (χ0v) is 11.7. The minimum Gasteiger partial charge on any atom is -0.348 e. The molecular formula is C12H18F3N5O. The molecule has 6 nitrogen and oxygen atoms in total. The van der Waals surface area contributed by atoms with E-state index >= 15 is 0 Å². The zero-order chi connectivity index (χ0) is 15.5. The molecule has 0 spiro atoms. The van der Waals surface area contributed by atoms with Crippen molar-refractivity contribution in [2.24, 2.45) is 0 Å². The number of carbonyl (C=O) groups is 1. The zero-order valence-electron chi connectivity index (χ0n) is 11.7. The van der Waals surface area contributed by atoms with Gasteiger partial charge < -0.3 is 10.6 Å². The number of aromatic nitrogens is 3. The second kappa shape index (κ2) is 6.42. The molecule has 2 heterocycles. The lowest BCUT2D eigenvalue weighted by molar-refractivity contribution is -0.138. The lowest BCUT2D eigenvalue weighted by Crippen LogP contribution is -2.36. The molecule has 1 aromatic rings.